The number of carbonyl (C=O) groups excluding carboxylic acids is 1. The van der Waals surface area contributed by atoms with Crippen molar-refractivity contribution in [3.05, 3.63) is 59.7 Å². The fourth-order valence-corrected chi connectivity index (χ4v) is 1.72. The first-order valence-corrected chi connectivity index (χ1v) is 5.71. The van der Waals surface area contributed by atoms with Gasteiger partial charge in [0.25, 0.3) is 0 Å². The van der Waals surface area contributed by atoms with E-state index in [9.17, 15) is 4.79 Å². The molecule has 0 radical (unpaired) electrons. The van der Waals surface area contributed by atoms with Gasteiger partial charge in [-0.3, -0.25) is 4.79 Å². The van der Waals surface area contributed by atoms with E-state index in [-0.39, 0.29) is 5.78 Å². The van der Waals surface area contributed by atoms with Crippen LogP contribution in [0.3, 0.4) is 0 Å². The maximum absolute atomic E-state index is 12.2. The van der Waals surface area contributed by atoms with Crippen molar-refractivity contribution in [2.24, 2.45) is 0 Å². The van der Waals surface area contributed by atoms with Crippen LogP contribution in [0.2, 0.25) is 0 Å². The molecule has 1 N–H and O–H groups in total. The van der Waals surface area contributed by atoms with Gasteiger partial charge in [-0.05, 0) is 36.4 Å². The van der Waals surface area contributed by atoms with Crippen molar-refractivity contribution in [2.45, 2.75) is 0 Å². The number of ether oxygens (including phenoxy) is 1. The molecule has 0 aliphatic heterocycles. The summed E-state index contributed by atoms with van der Waals surface area (Å²) in [5, 5.41) is 3.02. The zero-order chi connectivity index (χ0) is 13.0. The Morgan fingerprint density at radius 2 is 1.78 bits per heavy atom. The quantitative estimate of drug-likeness (QED) is 0.836. The Bertz CT molecular complexity index is 547. The summed E-state index contributed by atoms with van der Waals surface area (Å²) in [6.07, 6.45) is 0. The number of hydrogen-bond acceptors (Lipinski definition) is 3. The Kier molecular flexibility index (Phi) is 3.63. The third-order valence-electron chi connectivity index (χ3n) is 2.77. The Labute approximate surface area is 106 Å². The number of rotatable bonds is 4. The molecule has 0 saturated carbocycles. The van der Waals surface area contributed by atoms with Crippen molar-refractivity contribution >= 4 is 11.5 Å². The smallest absolute Gasteiger partial charge is 0.193 e. The highest BCUT2D eigenvalue weighted by molar-refractivity contribution is 6.09. The highest BCUT2D eigenvalue weighted by Gasteiger charge is 2.09. The van der Waals surface area contributed by atoms with Crippen molar-refractivity contribution in [3.8, 4) is 5.75 Å². The summed E-state index contributed by atoms with van der Waals surface area (Å²) >= 11 is 0. The van der Waals surface area contributed by atoms with Gasteiger partial charge in [0.15, 0.2) is 5.78 Å². The molecule has 2 aromatic rings. The molecule has 0 spiro atoms. The van der Waals surface area contributed by atoms with Crippen molar-refractivity contribution in [1.29, 1.82) is 0 Å². The Morgan fingerprint density at radius 3 is 2.39 bits per heavy atom. The first-order valence-electron chi connectivity index (χ1n) is 5.71. The van der Waals surface area contributed by atoms with Gasteiger partial charge in [-0.15, -0.1) is 0 Å². The van der Waals surface area contributed by atoms with E-state index in [0.29, 0.717) is 16.9 Å². The zero-order valence-corrected chi connectivity index (χ0v) is 10.4. The summed E-state index contributed by atoms with van der Waals surface area (Å²) in [6.45, 7) is 0. The van der Waals surface area contributed by atoms with Gasteiger partial charge in [0.1, 0.15) is 5.75 Å². The van der Waals surface area contributed by atoms with Crippen molar-refractivity contribution in [2.75, 3.05) is 19.5 Å². The van der Waals surface area contributed by atoms with Gasteiger partial charge in [0, 0.05) is 23.9 Å². The van der Waals surface area contributed by atoms with Crippen LogP contribution >= 0.6 is 0 Å². The summed E-state index contributed by atoms with van der Waals surface area (Å²) in [4.78, 5) is 12.2. The number of nitrogens with one attached hydrogen (secondary N) is 1. The minimum atomic E-state index is -0.00319. The Hall–Kier alpha value is -2.29. The zero-order valence-electron chi connectivity index (χ0n) is 10.4. The number of methoxy groups -OCH3 is 1. The summed E-state index contributed by atoms with van der Waals surface area (Å²) in [6, 6.07) is 14.6. The fraction of sp³-hybridized carbons (Fsp3) is 0.133. The molecule has 0 atom stereocenters. The van der Waals surface area contributed by atoms with Crippen molar-refractivity contribution < 1.29 is 9.53 Å². The molecule has 0 fully saturated rings. The standard InChI is InChI=1S/C15H15NO2/c1-16-13-8-6-11(7-9-13)15(17)12-4-3-5-14(10-12)18-2/h3-10,16H,1-2H3. The van der Waals surface area contributed by atoms with Crippen molar-refractivity contribution in [1.82, 2.24) is 0 Å². The van der Waals surface area contributed by atoms with Crippen LogP contribution in [0.5, 0.6) is 5.75 Å². The number of ketones is 1. The van der Waals surface area contributed by atoms with Crippen LogP contribution in [0.1, 0.15) is 15.9 Å². The molecule has 0 bridgehead atoms. The van der Waals surface area contributed by atoms with Crippen molar-refractivity contribution in [3.63, 3.8) is 0 Å². The predicted molar refractivity (Wildman–Crippen MR) is 72.4 cm³/mol. The summed E-state index contributed by atoms with van der Waals surface area (Å²) < 4.78 is 5.12. The van der Waals surface area contributed by atoms with Crippen LogP contribution in [0.4, 0.5) is 5.69 Å². The molecular weight excluding hydrogens is 226 g/mol. The molecule has 2 aromatic carbocycles. The summed E-state index contributed by atoms with van der Waals surface area (Å²) in [5.74, 6) is 0.684. The maximum Gasteiger partial charge on any atom is 0.193 e. The molecule has 3 nitrogen and oxygen atoms in total. The van der Waals surface area contributed by atoms with E-state index < -0.39 is 0 Å². The van der Waals surface area contributed by atoms with Crippen LogP contribution in [0, 0.1) is 0 Å². The van der Waals surface area contributed by atoms with Crippen LogP contribution in [-0.4, -0.2) is 19.9 Å². The second-order valence-corrected chi connectivity index (χ2v) is 3.89. The van der Waals surface area contributed by atoms with Gasteiger partial charge in [-0.2, -0.15) is 0 Å². The number of anilines is 1. The number of carbonyl (C=O) groups is 1. The third-order valence-corrected chi connectivity index (χ3v) is 2.77. The van der Waals surface area contributed by atoms with Gasteiger partial charge < -0.3 is 10.1 Å². The number of hydrogen-bond donors (Lipinski definition) is 1. The molecule has 0 aliphatic carbocycles. The fourth-order valence-electron chi connectivity index (χ4n) is 1.72. The highest BCUT2D eigenvalue weighted by Crippen LogP contribution is 2.17. The van der Waals surface area contributed by atoms with E-state index in [2.05, 4.69) is 5.32 Å². The average molecular weight is 241 g/mol. The lowest BCUT2D eigenvalue weighted by molar-refractivity contribution is 0.103. The van der Waals surface area contributed by atoms with E-state index >= 15 is 0 Å². The first-order chi connectivity index (χ1) is 8.74. The van der Waals surface area contributed by atoms with E-state index in [0.717, 1.165) is 5.69 Å². The van der Waals surface area contributed by atoms with Gasteiger partial charge >= 0.3 is 0 Å². The monoisotopic (exact) mass is 241 g/mol. The molecule has 0 saturated heterocycles. The second-order valence-electron chi connectivity index (χ2n) is 3.89. The second kappa shape index (κ2) is 5.36. The largest absolute Gasteiger partial charge is 0.497 e. The first kappa shape index (κ1) is 12.2. The molecule has 0 aromatic heterocycles. The predicted octanol–water partition coefficient (Wildman–Crippen LogP) is 2.97. The third kappa shape index (κ3) is 2.51. The topological polar surface area (TPSA) is 38.3 Å². The van der Waals surface area contributed by atoms with E-state index in [1.54, 1.807) is 19.2 Å². The minimum absolute atomic E-state index is 0.00319. The molecule has 2 rings (SSSR count). The molecule has 0 aliphatic rings. The molecule has 92 valence electrons. The van der Waals surface area contributed by atoms with Crippen LogP contribution in [0.25, 0.3) is 0 Å². The molecular formula is C15H15NO2. The minimum Gasteiger partial charge on any atom is -0.497 e. The van der Waals surface area contributed by atoms with Crippen LogP contribution < -0.4 is 10.1 Å². The molecule has 3 heteroatoms. The van der Waals surface area contributed by atoms with Crippen LogP contribution in [0.15, 0.2) is 48.5 Å². The Morgan fingerprint density at radius 1 is 1.06 bits per heavy atom. The van der Waals surface area contributed by atoms with Gasteiger partial charge in [0.2, 0.25) is 0 Å². The maximum atomic E-state index is 12.2. The van der Waals surface area contributed by atoms with Crippen LogP contribution in [-0.2, 0) is 0 Å². The lowest BCUT2D eigenvalue weighted by Crippen LogP contribution is -2.01. The molecule has 0 unspecified atom stereocenters. The Balaban J connectivity index is 2.29. The normalized spacial score (nSPS) is 9.89. The number of benzene rings is 2. The SMILES string of the molecule is CNc1ccc(C(=O)c2cccc(OC)c2)cc1. The van der Waals surface area contributed by atoms with Gasteiger partial charge in [0.05, 0.1) is 7.11 Å². The lowest BCUT2D eigenvalue weighted by atomic mass is 10.0. The highest BCUT2D eigenvalue weighted by atomic mass is 16.5. The molecule has 0 amide bonds. The van der Waals surface area contributed by atoms with E-state index in [1.165, 1.54) is 0 Å². The average Bonchev–Trinajstić information content (AvgIpc) is 2.46. The van der Waals surface area contributed by atoms with Gasteiger partial charge in [-0.25, -0.2) is 0 Å². The van der Waals surface area contributed by atoms with Gasteiger partial charge in [-0.1, -0.05) is 12.1 Å². The molecule has 0 heterocycles. The molecule has 18 heavy (non-hydrogen) atoms. The summed E-state index contributed by atoms with van der Waals surface area (Å²) in [7, 11) is 3.43. The lowest BCUT2D eigenvalue weighted by Gasteiger charge is -2.05. The van der Waals surface area contributed by atoms with E-state index in [1.807, 2.05) is 43.4 Å². The van der Waals surface area contributed by atoms with E-state index in [4.69, 9.17) is 4.74 Å². The summed E-state index contributed by atoms with van der Waals surface area (Å²) in [5.41, 5.74) is 2.28.